The highest BCUT2D eigenvalue weighted by molar-refractivity contribution is 5.66. The first-order valence-electron chi connectivity index (χ1n) is 3.98. The van der Waals surface area contributed by atoms with Crippen LogP contribution in [-0.2, 0) is 4.79 Å². The number of nitrogens with zero attached hydrogens (tertiary/aromatic N) is 1. The Morgan fingerprint density at radius 1 is 1.50 bits per heavy atom. The van der Waals surface area contributed by atoms with Crippen molar-refractivity contribution in [2.75, 3.05) is 14.1 Å². The lowest BCUT2D eigenvalue weighted by Gasteiger charge is -2.11. The maximum absolute atomic E-state index is 9.60. The van der Waals surface area contributed by atoms with Crippen LogP contribution in [0.3, 0.4) is 0 Å². The molecule has 0 heterocycles. The van der Waals surface area contributed by atoms with Crippen molar-refractivity contribution in [3.63, 3.8) is 0 Å². The molecule has 74 valence electrons. The van der Waals surface area contributed by atoms with Crippen LogP contribution in [0.5, 0.6) is 0 Å². The predicted octanol–water partition coefficient (Wildman–Crippen LogP) is 0.757. The van der Waals surface area contributed by atoms with E-state index in [1.807, 2.05) is 21.0 Å². The van der Waals surface area contributed by atoms with E-state index in [4.69, 9.17) is 10.2 Å². The first kappa shape index (κ1) is 13.9. The molecule has 0 radical (unpaired) electrons. The minimum Gasteiger partial charge on any atom is -0.481 e. The van der Waals surface area contributed by atoms with Crippen LogP contribution < -0.4 is 0 Å². The molecule has 0 amide bonds. The summed E-state index contributed by atoms with van der Waals surface area (Å²) in [4.78, 5) is 11.3. The van der Waals surface area contributed by atoms with Crippen molar-refractivity contribution in [1.29, 1.82) is 0 Å². The summed E-state index contributed by atoms with van der Waals surface area (Å²) in [5.74, 6) is -0.711. The summed E-state index contributed by atoms with van der Waals surface area (Å²) in [6.07, 6.45) is 0.708. The van der Waals surface area contributed by atoms with Crippen molar-refractivity contribution >= 4 is 5.97 Å². The maximum atomic E-state index is 9.60. The molecule has 0 aliphatic heterocycles. The van der Waals surface area contributed by atoms with Gasteiger partial charge >= 0.3 is 5.97 Å². The summed E-state index contributed by atoms with van der Waals surface area (Å²) >= 11 is 0. The van der Waals surface area contributed by atoms with E-state index in [-0.39, 0.29) is 6.23 Å². The lowest BCUT2D eigenvalue weighted by molar-refractivity contribution is -0.137. The third-order valence-electron chi connectivity index (χ3n) is 1.21. The van der Waals surface area contributed by atoms with Crippen LogP contribution in [-0.4, -0.2) is 41.4 Å². The zero-order chi connectivity index (χ0) is 10.1. The van der Waals surface area contributed by atoms with Crippen LogP contribution in [0.25, 0.3) is 0 Å². The molecule has 1 atom stereocenters. The Labute approximate surface area is 73.8 Å². The molecular weight excluding hydrogens is 158 g/mol. The Morgan fingerprint density at radius 2 is 1.83 bits per heavy atom. The molecule has 0 bridgehead atoms. The highest BCUT2D eigenvalue weighted by atomic mass is 16.4. The fourth-order valence-electron chi connectivity index (χ4n) is 0.214. The normalized spacial score (nSPS) is 11.8. The van der Waals surface area contributed by atoms with Crippen molar-refractivity contribution in [3.05, 3.63) is 0 Å². The number of hydrogen-bond acceptors (Lipinski definition) is 3. The molecule has 0 rings (SSSR count). The van der Waals surface area contributed by atoms with Gasteiger partial charge in [0.25, 0.3) is 0 Å². The number of carboxylic acid groups (broad SMARTS) is 1. The van der Waals surface area contributed by atoms with Gasteiger partial charge < -0.3 is 10.2 Å². The highest BCUT2D eigenvalue weighted by Gasteiger charge is 1.92. The monoisotopic (exact) mass is 177 g/mol. The molecular formula is C8H19NO3. The lowest BCUT2D eigenvalue weighted by Crippen LogP contribution is -2.23. The lowest BCUT2D eigenvalue weighted by atomic mass is 10.4. The van der Waals surface area contributed by atoms with E-state index in [1.54, 1.807) is 11.8 Å². The summed E-state index contributed by atoms with van der Waals surface area (Å²) in [6.45, 7) is 3.56. The number of aliphatic carboxylic acids is 1. The van der Waals surface area contributed by atoms with E-state index >= 15 is 0 Å². The van der Waals surface area contributed by atoms with Gasteiger partial charge in [0.1, 0.15) is 6.23 Å². The minimum absolute atomic E-state index is 0.292. The number of carboxylic acids is 1. The van der Waals surface area contributed by atoms with Gasteiger partial charge in [-0.3, -0.25) is 9.69 Å². The third kappa shape index (κ3) is 16.2. The summed E-state index contributed by atoms with van der Waals surface area (Å²) in [6, 6.07) is 0. The van der Waals surface area contributed by atoms with Gasteiger partial charge in [0.2, 0.25) is 0 Å². The van der Waals surface area contributed by atoms with Crippen LogP contribution in [0.2, 0.25) is 0 Å². The van der Waals surface area contributed by atoms with Gasteiger partial charge in [0, 0.05) is 6.42 Å². The topological polar surface area (TPSA) is 60.8 Å². The second-order valence-corrected chi connectivity index (χ2v) is 2.74. The van der Waals surface area contributed by atoms with E-state index in [9.17, 15) is 4.79 Å². The smallest absolute Gasteiger partial charge is 0.303 e. The molecule has 0 aliphatic rings. The van der Waals surface area contributed by atoms with Crippen molar-refractivity contribution < 1.29 is 15.0 Å². The number of hydrogen-bond donors (Lipinski definition) is 2. The van der Waals surface area contributed by atoms with E-state index in [2.05, 4.69) is 0 Å². The predicted molar refractivity (Wildman–Crippen MR) is 47.9 cm³/mol. The molecule has 0 aliphatic carbocycles. The average Bonchev–Trinajstić information content (AvgIpc) is 1.87. The number of rotatable bonds is 3. The molecule has 0 spiro atoms. The van der Waals surface area contributed by atoms with Gasteiger partial charge in [-0.15, -0.1) is 0 Å². The van der Waals surface area contributed by atoms with Crippen molar-refractivity contribution in [2.24, 2.45) is 0 Å². The Hall–Kier alpha value is -0.610. The number of aliphatic hydroxyl groups is 1. The molecule has 2 N–H and O–H groups in total. The van der Waals surface area contributed by atoms with Crippen LogP contribution in [0.1, 0.15) is 26.7 Å². The van der Waals surface area contributed by atoms with Crippen LogP contribution in [0, 0.1) is 0 Å². The minimum atomic E-state index is -0.711. The molecule has 0 aromatic rings. The number of carbonyl (C=O) groups is 1. The van der Waals surface area contributed by atoms with Crippen molar-refractivity contribution in [1.82, 2.24) is 4.90 Å². The first-order chi connectivity index (χ1) is 5.41. The zero-order valence-corrected chi connectivity index (χ0v) is 8.24. The van der Waals surface area contributed by atoms with Gasteiger partial charge in [-0.1, -0.05) is 6.92 Å². The van der Waals surface area contributed by atoms with Gasteiger partial charge in [-0.25, -0.2) is 0 Å². The van der Waals surface area contributed by atoms with Gasteiger partial charge in [0.15, 0.2) is 0 Å². The fraction of sp³-hybridized carbons (Fsp3) is 0.875. The van der Waals surface area contributed by atoms with E-state index in [0.717, 1.165) is 6.42 Å². The molecule has 0 saturated heterocycles. The maximum Gasteiger partial charge on any atom is 0.303 e. The van der Waals surface area contributed by atoms with Crippen molar-refractivity contribution in [3.8, 4) is 0 Å². The Kier molecular flexibility index (Phi) is 9.86. The second kappa shape index (κ2) is 8.49. The zero-order valence-electron chi connectivity index (χ0n) is 8.24. The molecule has 0 fully saturated rings. The molecule has 0 aromatic heterocycles. The average molecular weight is 177 g/mol. The van der Waals surface area contributed by atoms with E-state index in [1.165, 1.54) is 0 Å². The molecule has 4 heteroatoms. The first-order valence-corrected chi connectivity index (χ1v) is 3.98. The molecule has 0 aromatic carbocycles. The Balaban J connectivity index is 0. The SMILES string of the molecule is CC(O)N(C)C.CCCC(=O)O. The molecule has 1 unspecified atom stereocenters. The van der Waals surface area contributed by atoms with Crippen LogP contribution in [0.4, 0.5) is 0 Å². The van der Waals surface area contributed by atoms with Crippen molar-refractivity contribution in [2.45, 2.75) is 32.9 Å². The van der Waals surface area contributed by atoms with Crippen LogP contribution >= 0.6 is 0 Å². The second-order valence-electron chi connectivity index (χ2n) is 2.74. The van der Waals surface area contributed by atoms with Gasteiger partial charge in [0.05, 0.1) is 0 Å². The Morgan fingerprint density at radius 3 is 1.83 bits per heavy atom. The molecule has 0 saturated carbocycles. The summed E-state index contributed by atoms with van der Waals surface area (Å²) in [7, 11) is 3.65. The summed E-state index contributed by atoms with van der Waals surface area (Å²) < 4.78 is 0. The van der Waals surface area contributed by atoms with E-state index < -0.39 is 5.97 Å². The summed E-state index contributed by atoms with van der Waals surface area (Å²) in [5, 5.41) is 16.5. The largest absolute Gasteiger partial charge is 0.481 e. The van der Waals surface area contributed by atoms with Crippen LogP contribution in [0.15, 0.2) is 0 Å². The molecule has 4 nitrogen and oxygen atoms in total. The van der Waals surface area contributed by atoms with Gasteiger partial charge in [-0.2, -0.15) is 0 Å². The highest BCUT2D eigenvalue weighted by Crippen LogP contribution is 1.82. The fourth-order valence-corrected chi connectivity index (χ4v) is 0.214. The summed E-state index contributed by atoms with van der Waals surface area (Å²) in [5.41, 5.74) is 0. The quantitative estimate of drug-likeness (QED) is 0.625. The Bertz CT molecular complexity index is 107. The van der Waals surface area contributed by atoms with Gasteiger partial charge in [-0.05, 0) is 27.4 Å². The molecule has 12 heavy (non-hydrogen) atoms. The van der Waals surface area contributed by atoms with E-state index in [0.29, 0.717) is 6.42 Å². The standard InChI is InChI=1S/C4H11NO.C4H8O2/c1-4(6)5(2)3;1-2-3-4(5)6/h4,6H,1-3H3;2-3H2,1H3,(H,5,6). The number of aliphatic hydroxyl groups excluding tert-OH is 1. The third-order valence-corrected chi connectivity index (χ3v) is 1.21.